The summed E-state index contributed by atoms with van der Waals surface area (Å²) in [5.41, 5.74) is 6.07. The molecular weight excluding hydrogens is 558 g/mol. The first-order valence-corrected chi connectivity index (χ1v) is 11.1. The average Bonchev–Trinajstić information content (AvgIpc) is 2.79. The average molecular weight is 609 g/mol. The van der Waals surface area contributed by atoms with E-state index in [1.165, 1.54) is 0 Å². The number of aldehydes is 1. The quantitative estimate of drug-likeness (QED) is 0.211. The molecule has 0 saturated heterocycles. The molecule has 3 nitrogen and oxygen atoms in total. The fraction of sp³-hybridized carbons (Fsp3) is 0.429. The van der Waals surface area contributed by atoms with Crippen LogP contribution in [-0.2, 0) is 65.4 Å². The Kier molecular flexibility index (Phi) is 74.1. The van der Waals surface area contributed by atoms with E-state index in [1.54, 1.807) is 18.3 Å². The normalized spacial score (nSPS) is 7.58. The molecule has 0 unspecified atom stereocenters. The van der Waals surface area contributed by atoms with Gasteiger partial charge in [-0.15, -0.1) is 6.21 Å². The Balaban J connectivity index is -0.0000000519. The molecule has 2 radical (unpaired) electrons. The number of carbonyl (C=O) groups excluding carboxylic acids is 1. The maximum absolute atomic E-state index is 10.0. The summed E-state index contributed by atoms with van der Waals surface area (Å²) in [4.78, 5) is 13.6. The van der Waals surface area contributed by atoms with Crippen LogP contribution in [0.3, 0.4) is 0 Å². The van der Waals surface area contributed by atoms with E-state index >= 15 is 0 Å². The zero-order valence-corrected chi connectivity index (χ0v) is 28.8. The molecule has 0 saturated carbocycles. The van der Waals surface area contributed by atoms with Crippen LogP contribution in [0.2, 0.25) is 0 Å². The number of rotatable bonds is 2. The van der Waals surface area contributed by atoms with Crippen LogP contribution in [0.15, 0.2) is 65.7 Å². The second-order valence-electron chi connectivity index (χ2n) is 6.71. The summed E-state index contributed by atoms with van der Waals surface area (Å²) in [7, 11) is 6.10. The summed E-state index contributed by atoms with van der Waals surface area (Å²) >= 11 is 0. The topological polar surface area (TPSA) is 55.5 Å². The molecule has 5 heteroatoms. The molecule has 2 N–H and O–H groups in total. The predicted molar refractivity (Wildman–Crippen MR) is 144 cm³/mol. The molecule has 0 aliphatic rings. The van der Waals surface area contributed by atoms with Crippen LogP contribution >= 0.6 is 0 Å². The van der Waals surface area contributed by atoms with Crippen molar-refractivity contribution >= 4 is 12.5 Å². The van der Waals surface area contributed by atoms with E-state index in [-0.39, 0.29) is 65.4 Å². The van der Waals surface area contributed by atoms with Gasteiger partial charge in [0.1, 0.15) is 6.29 Å². The van der Waals surface area contributed by atoms with Crippen LogP contribution in [0, 0.1) is 25.9 Å². The number of carbonyl (C=O) groups is 1. The van der Waals surface area contributed by atoms with Crippen molar-refractivity contribution in [1.82, 2.24) is 0 Å². The fourth-order valence-corrected chi connectivity index (χ4v) is 1.18. The Morgan fingerprint density at radius 3 is 1.09 bits per heavy atom. The minimum Gasteiger partial charge on any atom is -0.486 e. The zero-order chi connectivity index (χ0) is 25.5. The van der Waals surface area contributed by atoms with E-state index in [0.717, 1.165) is 29.2 Å². The van der Waals surface area contributed by atoms with Crippen molar-refractivity contribution in [2.45, 2.75) is 69.2 Å². The molecule has 0 fully saturated rings. The first kappa shape index (κ1) is 49.8. The SMILES string of the molecule is CC.CC.CC(C)C.CC(C)C.O=Cc1ccccc1.[CH2-]N.[CH2-]N=Cc1ccccc1.[Y].[Y]. The van der Waals surface area contributed by atoms with Gasteiger partial charge in [0.05, 0.1) is 0 Å². The van der Waals surface area contributed by atoms with E-state index < -0.39 is 0 Å². The summed E-state index contributed by atoms with van der Waals surface area (Å²) in [6, 6.07) is 19.0. The summed E-state index contributed by atoms with van der Waals surface area (Å²) in [5.74, 6) is 1.67. The van der Waals surface area contributed by atoms with Gasteiger partial charge in [0.25, 0.3) is 0 Å². The van der Waals surface area contributed by atoms with Gasteiger partial charge >= 0.3 is 0 Å². The first-order chi connectivity index (χ1) is 14.8. The minimum atomic E-state index is 0. The van der Waals surface area contributed by atoms with Crippen molar-refractivity contribution in [2.24, 2.45) is 22.6 Å². The maximum Gasteiger partial charge on any atom is 0.150 e. The van der Waals surface area contributed by atoms with Crippen LogP contribution < -0.4 is 5.73 Å². The summed E-state index contributed by atoms with van der Waals surface area (Å²) in [6.07, 6.45) is 2.56. The van der Waals surface area contributed by atoms with Gasteiger partial charge in [0, 0.05) is 71.0 Å². The molecule has 0 aromatic heterocycles. The van der Waals surface area contributed by atoms with Gasteiger partial charge in [-0.1, -0.05) is 135 Å². The van der Waals surface area contributed by atoms with Crippen molar-refractivity contribution in [3.05, 3.63) is 85.9 Å². The van der Waals surface area contributed by atoms with Crippen molar-refractivity contribution in [2.75, 3.05) is 0 Å². The second-order valence-corrected chi connectivity index (χ2v) is 6.71. The Labute approximate surface area is 258 Å². The number of hydrogen-bond acceptors (Lipinski definition) is 3. The van der Waals surface area contributed by atoms with E-state index in [2.05, 4.69) is 66.4 Å². The Bertz CT molecular complexity index is 535. The molecular formula is C28H50N2OY2-2. The van der Waals surface area contributed by atoms with Gasteiger partial charge in [-0.3, -0.25) is 11.8 Å². The minimum absolute atomic E-state index is 0. The third-order valence-electron chi connectivity index (χ3n) is 1.98. The smallest absolute Gasteiger partial charge is 0.150 e. The van der Waals surface area contributed by atoms with E-state index in [1.807, 2.05) is 76.2 Å². The fourth-order valence-electron chi connectivity index (χ4n) is 1.18. The first-order valence-electron chi connectivity index (χ1n) is 11.1. The molecule has 0 aliphatic heterocycles. The summed E-state index contributed by atoms with van der Waals surface area (Å²) in [6.45, 7) is 21.0. The van der Waals surface area contributed by atoms with Gasteiger partial charge < -0.3 is 10.7 Å². The molecule has 186 valence electrons. The van der Waals surface area contributed by atoms with Crippen LogP contribution in [0.4, 0.5) is 0 Å². The standard InChI is InChI=1S/C8H8N.C7H6O.2C4H10.2C2H6.CH4N.2Y/c1-9-7-8-5-3-2-4-6-8;8-6-7-4-2-1-3-5-7;2*1-4(2)3;3*1-2;;/h2-7H,1H2;1-6H;2*4H,1-3H3;2*1-2H3;1-2H2;;/q-1;;;;;;-1;;. The van der Waals surface area contributed by atoms with Crippen molar-refractivity contribution in [3.8, 4) is 0 Å². The summed E-state index contributed by atoms with van der Waals surface area (Å²) < 4.78 is 0. The van der Waals surface area contributed by atoms with Crippen LogP contribution in [0.1, 0.15) is 85.2 Å². The largest absolute Gasteiger partial charge is 0.486 e. The monoisotopic (exact) mass is 608 g/mol. The van der Waals surface area contributed by atoms with Crippen LogP contribution in [0.25, 0.3) is 0 Å². The molecule has 0 amide bonds. The Morgan fingerprint density at radius 2 is 0.909 bits per heavy atom. The van der Waals surface area contributed by atoms with Gasteiger partial charge in [-0.25, -0.2) is 0 Å². The van der Waals surface area contributed by atoms with Crippen molar-refractivity contribution in [1.29, 1.82) is 0 Å². The number of benzene rings is 2. The molecule has 33 heavy (non-hydrogen) atoms. The molecule has 2 aromatic rings. The zero-order valence-electron chi connectivity index (χ0n) is 23.1. The van der Waals surface area contributed by atoms with Crippen LogP contribution in [-0.4, -0.2) is 12.5 Å². The number of nitrogens with two attached hydrogens (primary N) is 1. The van der Waals surface area contributed by atoms with E-state index in [0.29, 0.717) is 0 Å². The third kappa shape index (κ3) is 65.3. The number of hydrogen-bond donors (Lipinski definition) is 1. The molecule has 0 aliphatic carbocycles. The summed E-state index contributed by atoms with van der Waals surface area (Å²) in [5, 5.41) is 0. The van der Waals surface area contributed by atoms with Gasteiger partial charge in [-0.2, -0.15) is 7.05 Å². The predicted octanol–water partition coefficient (Wildman–Crippen LogP) is 8.50. The maximum atomic E-state index is 10.0. The molecule has 2 aromatic carbocycles. The molecule has 0 spiro atoms. The van der Waals surface area contributed by atoms with Gasteiger partial charge in [0.2, 0.25) is 0 Å². The van der Waals surface area contributed by atoms with Crippen molar-refractivity contribution in [3.63, 3.8) is 0 Å². The molecule has 2 rings (SSSR count). The molecule has 0 atom stereocenters. The second kappa shape index (κ2) is 49.1. The molecule has 0 bridgehead atoms. The van der Waals surface area contributed by atoms with E-state index in [4.69, 9.17) is 0 Å². The Hall–Kier alpha value is -0.182. The Morgan fingerprint density at radius 1 is 0.667 bits per heavy atom. The van der Waals surface area contributed by atoms with Gasteiger partial charge in [-0.05, 0) is 11.8 Å². The number of aliphatic imine (C=N–C) groups is 1. The third-order valence-corrected chi connectivity index (χ3v) is 1.98. The van der Waals surface area contributed by atoms with E-state index in [9.17, 15) is 4.79 Å². The van der Waals surface area contributed by atoms with Gasteiger partial charge in [0.15, 0.2) is 0 Å². The van der Waals surface area contributed by atoms with Crippen LogP contribution in [0.5, 0.6) is 0 Å². The number of nitrogens with zero attached hydrogens (tertiary/aromatic N) is 1. The van der Waals surface area contributed by atoms with Crippen molar-refractivity contribution < 1.29 is 70.2 Å². The molecule has 0 heterocycles.